The van der Waals surface area contributed by atoms with E-state index in [0.29, 0.717) is 11.6 Å². The Bertz CT molecular complexity index is 6730. The summed E-state index contributed by atoms with van der Waals surface area (Å²) in [5, 5.41) is 15.1. The van der Waals surface area contributed by atoms with Crippen molar-refractivity contribution < 1.29 is 0 Å². The van der Waals surface area contributed by atoms with Crippen LogP contribution in [-0.4, -0.2) is 29.9 Å². The molecular weight excluding hydrogens is 1310 g/mol. The number of aromatic nitrogens is 6. The zero-order chi connectivity index (χ0) is 71.7. The van der Waals surface area contributed by atoms with Crippen LogP contribution in [0.4, 0.5) is 0 Å². The van der Waals surface area contributed by atoms with Gasteiger partial charge in [0.15, 0.2) is 11.6 Å². The molecule has 0 bridgehead atoms. The Morgan fingerprint density at radius 2 is 0.491 bits per heavy atom. The van der Waals surface area contributed by atoms with Gasteiger partial charge in [0.2, 0.25) is 0 Å². The highest BCUT2D eigenvalue weighted by molar-refractivity contribution is 6.26. The summed E-state index contributed by atoms with van der Waals surface area (Å²) in [5.74, 6) is 1.37. The van der Waals surface area contributed by atoms with Crippen LogP contribution >= 0.6 is 0 Å². The maximum Gasteiger partial charge on any atom is 0.160 e. The van der Waals surface area contributed by atoms with E-state index in [-0.39, 0.29) is 0 Å². The monoisotopic (exact) mass is 1370 g/mol. The lowest BCUT2D eigenvalue weighted by Crippen LogP contribution is -1.96. The van der Waals surface area contributed by atoms with E-state index in [1.54, 1.807) is 12.4 Å². The number of benzene rings is 16. The quantitative estimate of drug-likeness (QED) is 0.113. The Kier molecular flexibility index (Phi) is 16.9. The van der Waals surface area contributed by atoms with Gasteiger partial charge in [0.25, 0.3) is 0 Å². The van der Waals surface area contributed by atoms with Gasteiger partial charge in [0, 0.05) is 58.2 Å². The highest BCUT2D eigenvalue weighted by Crippen LogP contribution is 2.41. The molecule has 0 aliphatic carbocycles. The van der Waals surface area contributed by atoms with Crippen LogP contribution in [0.5, 0.6) is 0 Å². The standard InChI is InChI=1S/C59H37N3.C43H29N3/c1-2-15-47-44(11-1)35-55(52-20-7-3-16-48(47)52)43-12-9-13-45(33-43)58-36-57(40-26-22-39(23-27-40)46-14-10-32-60-37-46)61-59(62-58)41-28-24-38(25-29-41)42-30-31-54-51-19-5-4-17-49(51)50-18-6-8-21-53(50)56(54)34-42;1-2-9-30(10-3-1)35-13-7-16-39(27-35)43-45-41(33-21-18-32(19-22-33)40-17-8-24-44-29-40)28-42(46-43)38-15-6-14-36(26-38)37-23-20-31-11-4-5-12-34(31)25-37/h1-37H;1-29H. The Balaban J connectivity index is 0.000000154. The molecule has 20 rings (SSSR count). The molecule has 6 heteroatoms. The molecule has 0 amide bonds. The molecule has 0 spiro atoms. The van der Waals surface area contributed by atoms with Crippen molar-refractivity contribution in [1.29, 1.82) is 0 Å². The summed E-state index contributed by atoms with van der Waals surface area (Å²) >= 11 is 0. The molecular formula is C102H66N6. The summed E-state index contributed by atoms with van der Waals surface area (Å²) in [6, 6.07) is 134. The van der Waals surface area contributed by atoms with Crippen molar-refractivity contribution in [3.8, 4) is 135 Å². The Morgan fingerprint density at radius 1 is 0.148 bits per heavy atom. The number of hydrogen-bond donors (Lipinski definition) is 0. The van der Waals surface area contributed by atoms with E-state index in [0.717, 1.165) is 106 Å². The first-order chi connectivity index (χ1) is 53.5. The Labute approximate surface area is 626 Å². The fourth-order valence-electron chi connectivity index (χ4n) is 15.2. The van der Waals surface area contributed by atoms with Crippen LogP contribution in [-0.2, 0) is 0 Å². The van der Waals surface area contributed by atoms with Gasteiger partial charge < -0.3 is 0 Å². The number of rotatable bonds is 12. The molecule has 0 atom stereocenters. The molecule has 4 heterocycles. The number of nitrogens with zero attached hydrogens (tertiary/aromatic N) is 6. The molecule has 504 valence electrons. The fraction of sp³-hybridized carbons (Fsp3) is 0. The number of hydrogen-bond acceptors (Lipinski definition) is 6. The van der Waals surface area contributed by atoms with Crippen molar-refractivity contribution in [1.82, 2.24) is 29.9 Å². The molecule has 0 saturated carbocycles. The summed E-state index contributed by atoms with van der Waals surface area (Å²) in [6.07, 6.45) is 7.38. The van der Waals surface area contributed by atoms with Crippen molar-refractivity contribution in [3.05, 3.63) is 401 Å². The van der Waals surface area contributed by atoms with Gasteiger partial charge in [-0.1, -0.05) is 315 Å². The molecule has 20 aromatic rings. The van der Waals surface area contributed by atoms with Gasteiger partial charge in [-0.05, 0) is 192 Å². The SMILES string of the molecule is c1ccc(-c2cccc(-c3nc(-c4ccc(-c5cccnc5)cc4)cc(-c4cccc(-c5ccc6ccccc6c5)c4)n3)c2)cc1.c1cncc(-c2ccc(-c3cc(-c4cccc(-c5cc6ccccc6c6ccccc56)c4)nc(-c4ccc(-c5ccc6c7ccccc7c7ccccc7c6c5)cc4)n3)cc2)c1. The van der Waals surface area contributed by atoms with Crippen molar-refractivity contribution in [2.75, 3.05) is 0 Å². The van der Waals surface area contributed by atoms with E-state index in [1.807, 2.05) is 30.6 Å². The first-order valence-corrected chi connectivity index (χ1v) is 36.5. The van der Waals surface area contributed by atoms with E-state index in [2.05, 4.69) is 368 Å². The van der Waals surface area contributed by atoms with Crippen LogP contribution in [0.3, 0.4) is 0 Å². The largest absolute Gasteiger partial charge is 0.264 e. The molecule has 108 heavy (non-hydrogen) atoms. The molecule has 0 saturated heterocycles. The molecule has 4 aromatic heterocycles. The molecule has 0 fully saturated rings. The zero-order valence-corrected chi connectivity index (χ0v) is 58.8. The minimum atomic E-state index is 0.679. The van der Waals surface area contributed by atoms with E-state index in [4.69, 9.17) is 19.9 Å². The number of pyridine rings is 2. The van der Waals surface area contributed by atoms with Gasteiger partial charge >= 0.3 is 0 Å². The predicted molar refractivity (Wildman–Crippen MR) is 450 cm³/mol. The van der Waals surface area contributed by atoms with Gasteiger partial charge in [-0.3, -0.25) is 9.97 Å². The molecule has 0 N–H and O–H groups in total. The van der Waals surface area contributed by atoms with Crippen LogP contribution in [0.2, 0.25) is 0 Å². The molecule has 0 aliphatic heterocycles. The van der Waals surface area contributed by atoms with Crippen molar-refractivity contribution in [2.45, 2.75) is 0 Å². The second-order valence-corrected chi connectivity index (χ2v) is 27.4. The highest BCUT2D eigenvalue weighted by atomic mass is 14.9. The normalized spacial score (nSPS) is 11.3. The first-order valence-electron chi connectivity index (χ1n) is 36.5. The highest BCUT2D eigenvalue weighted by Gasteiger charge is 2.18. The van der Waals surface area contributed by atoms with Crippen molar-refractivity contribution >= 4 is 64.6 Å². The Morgan fingerprint density at radius 3 is 1.06 bits per heavy atom. The van der Waals surface area contributed by atoms with Gasteiger partial charge in [-0.25, -0.2) is 19.9 Å². The third-order valence-electron chi connectivity index (χ3n) is 20.7. The summed E-state index contributed by atoms with van der Waals surface area (Å²) in [5.41, 5.74) is 23.2. The van der Waals surface area contributed by atoms with E-state index in [9.17, 15) is 0 Å². The van der Waals surface area contributed by atoms with Crippen LogP contribution in [0.1, 0.15) is 0 Å². The minimum Gasteiger partial charge on any atom is -0.264 e. The van der Waals surface area contributed by atoms with E-state index < -0.39 is 0 Å². The smallest absolute Gasteiger partial charge is 0.160 e. The topological polar surface area (TPSA) is 77.3 Å². The second-order valence-electron chi connectivity index (χ2n) is 27.4. The van der Waals surface area contributed by atoms with Crippen LogP contribution in [0, 0.1) is 0 Å². The fourth-order valence-corrected chi connectivity index (χ4v) is 15.2. The third kappa shape index (κ3) is 12.8. The average Bonchev–Trinajstić information content (AvgIpc) is 0.746. The Hall–Kier alpha value is -14.5. The van der Waals surface area contributed by atoms with Gasteiger partial charge in [-0.15, -0.1) is 0 Å². The summed E-state index contributed by atoms with van der Waals surface area (Å²) in [6.45, 7) is 0. The zero-order valence-electron chi connectivity index (χ0n) is 58.8. The molecule has 16 aromatic carbocycles. The lowest BCUT2D eigenvalue weighted by molar-refractivity contribution is 1.18. The third-order valence-corrected chi connectivity index (χ3v) is 20.7. The van der Waals surface area contributed by atoms with E-state index in [1.165, 1.54) is 81.3 Å². The van der Waals surface area contributed by atoms with Gasteiger partial charge in [0.05, 0.1) is 22.8 Å². The summed E-state index contributed by atoms with van der Waals surface area (Å²) in [4.78, 5) is 29.4. The first kappa shape index (κ1) is 64.4. The molecule has 0 radical (unpaired) electrons. The maximum absolute atomic E-state index is 5.30. The van der Waals surface area contributed by atoms with Crippen molar-refractivity contribution in [3.63, 3.8) is 0 Å². The predicted octanol–water partition coefficient (Wildman–Crippen LogP) is 26.7. The lowest BCUT2D eigenvalue weighted by atomic mass is 9.92. The van der Waals surface area contributed by atoms with E-state index >= 15 is 0 Å². The van der Waals surface area contributed by atoms with Crippen molar-refractivity contribution in [2.24, 2.45) is 0 Å². The van der Waals surface area contributed by atoms with Gasteiger partial charge in [0.1, 0.15) is 0 Å². The second kappa shape index (κ2) is 28.3. The van der Waals surface area contributed by atoms with Crippen LogP contribution in [0.25, 0.3) is 199 Å². The molecule has 0 unspecified atom stereocenters. The molecule has 0 aliphatic rings. The molecule has 6 nitrogen and oxygen atoms in total. The minimum absolute atomic E-state index is 0.679. The van der Waals surface area contributed by atoms with Crippen LogP contribution in [0.15, 0.2) is 401 Å². The van der Waals surface area contributed by atoms with Gasteiger partial charge in [-0.2, -0.15) is 0 Å². The average molecular weight is 1380 g/mol. The lowest BCUT2D eigenvalue weighted by Gasteiger charge is -2.14. The summed E-state index contributed by atoms with van der Waals surface area (Å²) in [7, 11) is 0. The maximum atomic E-state index is 5.30. The summed E-state index contributed by atoms with van der Waals surface area (Å²) < 4.78 is 0. The van der Waals surface area contributed by atoms with Crippen LogP contribution < -0.4 is 0 Å². The number of fused-ring (bicyclic) bond motifs is 10.